The third-order valence-electron chi connectivity index (χ3n) is 8.72. The minimum absolute atomic E-state index is 0.0709. The predicted octanol–water partition coefficient (Wildman–Crippen LogP) is 5.00. The predicted molar refractivity (Wildman–Crippen MR) is 130 cm³/mol. The van der Waals surface area contributed by atoms with E-state index in [9.17, 15) is 14.9 Å². The average Bonchev–Trinajstić information content (AvgIpc) is 3.59. The van der Waals surface area contributed by atoms with Crippen LogP contribution in [0.1, 0.15) is 79.3 Å². The van der Waals surface area contributed by atoms with Crippen LogP contribution in [0.3, 0.4) is 0 Å². The molecule has 4 aliphatic rings. The van der Waals surface area contributed by atoms with Gasteiger partial charge >= 0.3 is 5.97 Å². The van der Waals surface area contributed by atoms with Crippen molar-refractivity contribution in [3.63, 3.8) is 0 Å². The number of nitrogens with one attached hydrogen (secondary N) is 1. The number of hydrogen-bond acceptors (Lipinski definition) is 6. The SMILES string of the molecule is N#C[C@@H](CC(=O)[C@H]1N[C@@H]2CC[C@H]1C2)Cc1ccc(-c2cc3c(cn2)C(=O)OC32CCCCC2)cc1F. The number of ether oxygens (including phenoxy) is 1. The Balaban J connectivity index is 1.19. The van der Waals surface area contributed by atoms with Gasteiger partial charge in [0.05, 0.1) is 29.3 Å². The Kier molecular flexibility index (Phi) is 5.88. The third kappa shape index (κ3) is 4.02. The van der Waals surface area contributed by atoms with E-state index in [2.05, 4.69) is 16.4 Å². The molecule has 1 spiro atoms. The van der Waals surface area contributed by atoms with Crippen molar-refractivity contribution in [2.75, 3.05) is 0 Å². The van der Waals surface area contributed by atoms with Crippen LogP contribution in [0.5, 0.6) is 0 Å². The third-order valence-corrected chi connectivity index (χ3v) is 8.72. The van der Waals surface area contributed by atoms with Gasteiger partial charge in [-0.05, 0) is 75.0 Å². The number of rotatable bonds is 6. The highest BCUT2D eigenvalue weighted by atomic mass is 19.1. The normalized spacial score (nSPS) is 26.4. The standard InChI is InChI=1S/C29H30FN3O3/c30-24-13-19(25-14-23-22(16-32-25)28(35)36-29(23)8-2-1-3-9-29)5-4-18(24)10-17(15-31)11-26(34)27-20-6-7-21(12-20)33-27/h4-5,13-14,16-17,20-21,27,33H,1-3,6-12H2/t17-,20+,21-,27+/m1/s1. The number of fused-ring (bicyclic) bond motifs is 4. The fourth-order valence-corrected chi connectivity index (χ4v) is 6.82. The first-order chi connectivity index (χ1) is 17.5. The second-order valence-corrected chi connectivity index (χ2v) is 11.0. The van der Waals surface area contributed by atoms with Crippen LogP contribution in [0.15, 0.2) is 30.5 Å². The van der Waals surface area contributed by atoms with E-state index in [0.717, 1.165) is 56.9 Å². The lowest BCUT2D eigenvalue weighted by molar-refractivity contribution is -0.122. The number of piperidine rings is 1. The van der Waals surface area contributed by atoms with Crippen LogP contribution in [0.4, 0.5) is 4.39 Å². The van der Waals surface area contributed by atoms with Crippen LogP contribution in [-0.2, 0) is 21.6 Å². The summed E-state index contributed by atoms with van der Waals surface area (Å²) in [4.78, 5) is 29.7. The molecular weight excluding hydrogens is 457 g/mol. The Morgan fingerprint density at radius 2 is 2.08 bits per heavy atom. The molecule has 4 atom stereocenters. The number of pyridine rings is 1. The van der Waals surface area contributed by atoms with Crippen molar-refractivity contribution >= 4 is 11.8 Å². The maximum absolute atomic E-state index is 15.2. The maximum Gasteiger partial charge on any atom is 0.341 e. The fraction of sp³-hybridized carbons (Fsp3) is 0.517. The van der Waals surface area contributed by atoms with E-state index < -0.39 is 17.3 Å². The molecule has 6 nitrogen and oxygen atoms in total. The zero-order valence-corrected chi connectivity index (χ0v) is 20.3. The summed E-state index contributed by atoms with van der Waals surface area (Å²) in [6.45, 7) is 0. The number of carbonyl (C=O) groups is 2. The van der Waals surface area contributed by atoms with Crippen LogP contribution in [-0.4, -0.2) is 28.8 Å². The van der Waals surface area contributed by atoms with E-state index in [1.807, 2.05) is 6.07 Å². The van der Waals surface area contributed by atoms with Crippen LogP contribution >= 0.6 is 0 Å². The van der Waals surface area contributed by atoms with Crippen molar-refractivity contribution in [2.45, 2.75) is 81.9 Å². The molecule has 1 aromatic carbocycles. The molecule has 186 valence electrons. The Labute approximate surface area is 210 Å². The number of halogens is 1. The highest BCUT2D eigenvalue weighted by molar-refractivity contribution is 5.95. The first-order valence-corrected chi connectivity index (χ1v) is 13.2. The van der Waals surface area contributed by atoms with Crippen LogP contribution in [0.25, 0.3) is 11.3 Å². The summed E-state index contributed by atoms with van der Waals surface area (Å²) in [6.07, 6.45) is 9.86. The summed E-state index contributed by atoms with van der Waals surface area (Å²) in [5.41, 5.74) is 2.41. The number of Topliss-reactive ketones (excluding diaryl/α,β-unsaturated/α-hetero) is 1. The first-order valence-electron chi connectivity index (χ1n) is 13.2. The van der Waals surface area contributed by atoms with E-state index in [1.165, 1.54) is 6.07 Å². The van der Waals surface area contributed by atoms with Gasteiger partial charge in [0.25, 0.3) is 0 Å². The number of nitrogens with zero attached hydrogens (tertiary/aromatic N) is 2. The van der Waals surface area contributed by atoms with Crippen LogP contribution in [0, 0.1) is 29.0 Å². The van der Waals surface area contributed by atoms with Crippen molar-refractivity contribution in [2.24, 2.45) is 11.8 Å². The van der Waals surface area contributed by atoms with Gasteiger partial charge in [0.2, 0.25) is 0 Å². The molecule has 3 heterocycles. The Hall–Kier alpha value is -3.11. The van der Waals surface area contributed by atoms with E-state index in [-0.39, 0.29) is 30.6 Å². The topological polar surface area (TPSA) is 92.1 Å². The number of ketones is 1. The minimum atomic E-state index is -0.582. The van der Waals surface area contributed by atoms with Crippen molar-refractivity contribution in [3.05, 3.63) is 53.0 Å². The van der Waals surface area contributed by atoms with Gasteiger partial charge < -0.3 is 10.1 Å². The van der Waals surface area contributed by atoms with Gasteiger partial charge in [-0.2, -0.15) is 5.26 Å². The van der Waals surface area contributed by atoms with Crippen LogP contribution in [0.2, 0.25) is 0 Å². The highest BCUT2D eigenvalue weighted by Gasteiger charge is 2.46. The van der Waals surface area contributed by atoms with Gasteiger partial charge in [0.15, 0.2) is 5.78 Å². The Morgan fingerprint density at radius 1 is 1.25 bits per heavy atom. The van der Waals surface area contributed by atoms with Gasteiger partial charge in [-0.25, -0.2) is 9.18 Å². The lowest BCUT2D eigenvalue weighted by Crippen LogP contribution is -2.42. The molecule has 1 N–H and O–H groups in total. The zero-order chi connectivity index (χ0) is 24.9. The number of nitriles is 1. The average molecular weight is 488 g/mol. The van der Waals surface area contributed by atoms with E-state index in [0.29, 0.717) is 34.3 Å². The number of hydrogen-bond donors (Lipinski definition) is 1. The summed E-state index contributed by atoms with van der Waals surface area (Å²) in [5.74, 6) is -0.857. The fourth-order valence-electron chi connectivity index (χ4n) is 6.82. The first kappa shape index (κ1) is 23.3. The van der Waals surface area contributed by atoms with Gasteiger partial charge in [-0.3, -0.25) is 9.78 Å². The van der Waals surface area contributed by atoms with Gasteiger partial charge in [-0.1, -0.05) is 18.6 Å². The molecule has 3 fully saturated rings. The molecule has 6 rings (SSSR count). The van der Waals surface area contributed by atoms with Crippen molar-refractivity contribution in [3.8, 4) is 17.3 Å². The molecule has 1 aromatic heterocycles. The Bertz CT molecular complexity index is 1260. The van der Waals surface area contributed by atoms with Crippen LogP contribution < -0.4 is 5.32 Å². The number of carbonyl (C=O) groups excluding carboxylic acids is 2. The quantitative estimate of drug-likeness (QED) is 0.577. The zero-order valence-electron chi connectivity index (χ0n) is 20.3. The summed E-state index contributed by atoms with van der Waals surface area (Å²) in [5, 5.41) is 13.1. The second-order valence-electron chi connectivity index (χ2n) is 11.0. The van der Waals surface area contributed by atoms with Crippen molar-refractivity contribution in [1.29, 1.82) is 5.26 Å². The summed E-state index contributed by atoms with van der Waals surface area (Å²) in [6, 6.07) is 9.28. The molecular formula is C29H30FN3O3. The highest BCUT2D eigenvalue weighted by Crippen LogP contribution is 2.47. The lowest BCUT2D eigenvalue weighted by Gasteiger charge is -2.32. The van der Waals surface area contributed by atoms with Gasteiger partial charge in [0, 0.05) is 29.8 Å². The smallest absolute Gasteiger partial charge is 0.341 e. The van der Waals surface area contributed by atoms with Gasteiger partial charge in [-0.15, -0.1) is 0 Å². The molecule has 2 aromatic rings. The molecule has 7 heteroatoms. The monoisotopic (exact) mass is 487 g/mol. The number of aromatic nitrogens is 1. The molecule has 2 aliphatic heterocycles. The molecule has 2 saturated carbocycles. The van der Waals surface area contributed by atoms with Crippen molar-refractivity contribution in [1.82, 2.24) is 10.3 Å². The maximum atomic E-state index is 15.2. The van der Waals surface area contributed by atoms with E-state index in [4.69, 9.17) is 4.74 Å². The summed E-state index contributed by atoms with van der Waals surface area (Å²) < 4.78 is 21.0. The minimum Gasteiger partial charge on any atom is -0.451 e. The molecule has 2 bridgehead atoms. The van der Waals surface area contributed by atoms with Crippen molar-refractivity contribution < 1.29 is 18.7 Å². The molecule has 2 aliphatic carbocycles. The summed E-state index contributed by atoms with van der Waals surface area (Å²) >= 11 is 0. The number of benzene rings is 1. The molecule has 0 amide bonds. The summed E-state index contributed by atoms with van der Waals surface area (Å²) in [7, 11) is 0. The van der Waals surface area contributed by atoms with E-state index in [1.54, 1.807) is 18.3 Å². The largest absolute Gasteiger partial charge is 0.451 e. The second kappa shape index (κ2) is 9.08. The lowest BCUT2D eigenvalue weighted by atomic mass is 9.79. The molecule has 1 saturated heterocycles. The molecule has 36 heavy (non-hydrogen) atoms. The van der Waals surface area contributed by atoms with Gasteiger partial charge in [0.1, 0.15) is 11.4 Å². The molecule has 0 radical (unpaired) electrons. The van der Waals surface area contributed by atoms with E-state index >= 15 is 4.39 Å². The molecule has 0 unspecified atom stereocenters. The Morgan fingerprint density at radius 3 is 2.78 bits per heavy atom. The number of esters is 1.